The topological polar surface area (TPSA) is 80.1 Å². The number of rotatable bonds is 4. The first-order valence-electron chi connectivity index (χ1n) is 8.31. The van der Waals surface area contributed by atoms with Gasteiger partial charge in [-0.1, -0.05) is 0 Å². The predicted molar refractivity (Wildman–Crippen MR) is 88.5 cm³/mol. The summed E-state index contributed by atoms with van der Waals surface area (Å²) in [5.41, 5.74) is 0.594. The fraction of sp³-hybridized carbons (Fsp3) is 0.412. The number of amides is 2. The standard InChI is InChI=1S/C17H18FN5O2/c1-22-14(10-2-3-10)20-21-17(22)19-15(24)13-8-9-23(16(13)25)12-6-4-11(18)5-7-12/h4-7,10,13H,2-3,8-9H2,1H3,(H,19,21,24). The summed E-state index contributed by atoms with van der Waals surface area (Å²) >= 11 is 0. The average Bonchev–Trinajstić information content (AvgIpc) is 3.28. The number of nitrogens with one attached hydrogen (secondary N) is 1. The number of carbonyl (C=O) groups is 2. The minimum Gasteiger partial charge on any atom is -0.312 e. The maximum atomic E-state index is 13.0. The molecule has 8 heteroatoms. The highest BCUT2D eigenvalue weighted by atomic mass is 19.1. The van der Waals surface area contributed by atoms with Crippen molar-refractivity contribution in [2.75, 3.05) is 16.8 Å². The minimum absolute atomic E-state index is 0.284. The summed E-state index contributed by atoms with van der Waals surface area (Å²) in [6.45, 7) is 0.425. The van der Waals surface area contributed by atoms with E-state index in [2.05, 4.69) is 15.5 Å². The molecule has 1 aromatic heterocycles. The molecule has 2 fully saturated rings. The molecular formula is C17H18FN5O2. The zero-order chi connectivity index (χ0) is 17.6. The molecule has 0 radical (unpaired) electrons. The maximum absolute atomic E-state index is 13.0. The number of halogens is 1. The van der Waals surface area contributed by atoms with E-state index in [0.717, 1.165) is 18.7 Å². The van der Waals surface area contributed by atoms with Crippen LogP contribution in [0, 0.1) is 11.7 Å². The van der Waals surface area contributed by atoms with Gasteiger partial charge < -0.3 is 9.47 Å². The Balaban J connectivity index is 1.46. The Morgan fingerprint density at radius 2 is 1.92 bits per heavy atom. The molecule has 1 unspecified atom stereocenters. The number of aromatic nitrogens is 3. The summed E-state index contributed by atoms with van der Waals surface area (Å²) in [6.07, 6.45) is 2.59. The quantitative estimate of drug-likeness (QED) is 0.859. The van der Waals surface area contributed by atoms with E-state index in [1.165, 1.54) is 29.2 Å². The maximum Gasteiger partial charge on any atom is 0.239 e. The van der Waals surface area contributed by atoms with Gasteiger partial charge in [-0.25, -0.2) is 4.39 Å². The van der Waals surface area contributed by atoms with E-state index in [0.29, 0.717) is 30.5 Å². The van der Waals surface area contributed by atoms with Crippen LogP contribution < -0.4 is 10.2 Å². The molecule has 2 aliphatic rings. The predicted octanol–water partition coefficient (Wildman–Crippen LogP) is 1.82. The fourth-order valence-electron chi connectivity index (χ4n) is 3.15. The summed E-state index contributed by atoms with van der Waals surface area (Å²) in [4.78, 5) is 26.6. The molecule has 0 spiro atoms. The van der Waals surface area contributed by atoms with Crippen LogP contribution in [0.5, 0.6) is 0 Å². The SMILES string of the molecule is Cn1c(NC(=O)C2CCN(c3ccc(F)cc3)C2=O)nnc1C1CC1. The molecule has 1 aliphatic carbocycles. The Morgan fingerprint density at radius 3 is 2.60 bits per heavy atom. The van der Waals surface area contributed by atoms with Crippen molar-refractivity contribution >= 4 is 23.5 Å². The summed E-state index contributed by atoms with van der Waals surface area (Å²) < 4.78 is 14.8. The summed E-state index contributed by atoms with van der Waals surface area (Å²) in [6, 6.07) is 5.68. The van der Waals surface area contributed by atoms with Gasteiger partial charge in [0.05, 0.1) is 0 Å². The van der Waals surface area contributed by atoms with Crippen LogP contribution in [-0.4, -0.2) is 33.1 Å². The van der Waals surface area contributed by atoms with Crippen LogP contribution in [0.15, 0.2) is 24.3 Å². The second-order valence-corrected chi connectivity index (χ2v) is 6.51. The Bertz CT molecular complexity index is 828. The number of hydrogen-bond donors (Lipinski definition) is 1. The normalized spacial score (nSPS) is 20.2. The van der Waals surface area contributed by atoms with Crippen molar-refractivity contribution in [2.45, 2.75) is 25.2 Å². The van der Waals surface area contributed by atoms with Crippen molar-refractivity contribution in [3.63, 3.8) is 0 Å². The van der Waals surface area contributed by atoms with Gasteiger partial charge in [-0.3, -0.25) is 14.9 Å². The largest absolute Gasteiger partial charge is 0.312 e. The highest BCUT2D eigenvalue weighted by Crippen LogP contribution is 2.39. The zero-order valence-corrected chi connectivity index (χ0v) is 13.8. The van der Waals surface area contributed by atoms with Gasteiger partial charge in [-0.2, -0.15) is 0 Å². The molecule has 1 aromatic carbocycles. The van der Waals surface area contributed by atoms with E-state index in [-0.39, 0.29) is 17.6 Å². The van der Waals surface area contributed by atoms with Gasteiger partial charge in [0.25, 0.3) is 0 Å². The van der Waals surface area contributed by atoms with Crippen molar-refractivity contribution in [1.29, 1.82) is 0 Å². The average molecular weight is 343 g/mol. The summed E-state index contributed by atoms with van der Waals surface area (Å²) in [5, 5.41) is 10.8. The molecule has 130 valence electrons. The second-order valence-electron chi connectivity index (χ2n) is 6.51. The van der Waals surface area contributed by atoms with Crippen LogP contribution in [-0.2, 0) is 16.6 Å². The molecule has 7 nitrogen and oxygen atoms in total. The van der Waals surface area contributed by atoms with Gasteiger partial charge >= 0.3 is 0 Å². The van der Waals surface area contributed by atoms with E-state index < -0.39 is 5.92 Å². The lowest BCUT2D eigenvalue weighted by molar-refractivity contribution is -0.129. The molecule has 1 saturated carbocycles. The number of benzene rings is 1. The number of nitrogens with zero attached hydrogens (tertiary/aromatic N) is 4. The molecule has 0 bridgehead atoms. The van der Waals surface area contributed by atoms with E-state index in [1.54, 1.807) is 4.57 Å². The Kier molecular flexibility index (Phi) is 3.74. The molecule has 2 aromatic rings. The lowest BCUT2D eigenvalue weighted by atomic mass is 10.1. The van der Waals surface area contributed by atoms with Gasteiger partial charge in [0.2, 0.25) is 17.8 Å². The van der Waals surface area contributed by atoms with Gasteiger partial charge in [-0.05, 0) is 43.5 Å². The lowest BCUT2D eigenvalue weighted by Crippen LogP contribution is -2.33. The Morgan fingerprint density at radius 1 is 1.20 bits per heavy atom. The van der Waals surface area contributed by atoms with Crippen LogP contribution in [0.1, 0.15) is 31.0 Å². The smallest absolute Gasteiger partial charge is 0.239 e. The third-order valence-electron chi connectivity index (χ3n) is 4.75. The van der Waals surface area contributed by atoms with Crippen LogP contribution >= 0.6 is 0 Å². The minimum atomic E-state index is -0.772. The molecular weight excluding hydrogens is 325 g/mol. The zero-order valence-electron chi connectivity index (χ0n) is 13.8. The summed E-state index contributed by atoms with van der Waals surface area (Å²) in [7, 11) is 1.81. The molecule has 25 heavy (non-hydrogen) atoms. The molecule has 1 saturated heterocycles. The van der Waals surface area contributed by atoms with E-state index >= 15 is 0 Å². The highest BCUT2D eigenvalue weighted by molar-refractivity contribution is 6.13. The molecule has 2 heterocycles. The third-order valence-corrected chi connectivity index (χ3v) is 4.75. The number of carbonyl (C=O) groups excluding carboxylic acids is 2. The van der Waals surface area contributed by atoms with Crippen LogP contribution in [0.3, 0.4) is 0 Å². The van der Waals surface area contributed by atoms with Crippen LogP contribution in [0.2, 0.25) is 0 Å². The third kappa shape index (κ3) is 2.88. The monoisotopic (exact) mass is 343 g/mol. The summed E-state index contributed by atoms with van der Waals surface area (Å²) in [5.74, 6) is -0.156. The van der Waals surface area contributed by atoms with Gasteiger partial charge in [0.15, 0.2) is 0 Å². The molecule has 4 rings (SSSR count). The van der Waals surface area contributed by atoms with Crippen molar-refractivity contribution < 1.29 is 14.0 Å². The van der Waals surface area contributed by atoms with E-state index in [9.17, 15) is 14.0 Å². The van der Waals surface area contributed by atoms with Crippen molar-refractivity contribution in [1.82, 2.24) is 14.8 Å². The van der Waals surface area contributed by atoms with E-state index in [4.69, 9.17) is 0 Å². The second kappa shape index (κ2) is 5.94. The van der Waals surface area contributed by atoms with Crippen molar-refractivity contribution in [3.8, 4) is 0 Å². The van der Waals surface area contributed by atoms with Crippen LogP contribution in [0.25, 0.3) is 0 Å². The fourth-order valence-corrected chi connectivity index (χ4v) is 3.15. The molecule has 1 atom stereocenters. The molecule has 1 aliphatic heterocycles. The Hall–Kier alpha value is -2.77. The first-order chi connectivity index (χ1) is 12.0. The molecule has 1 N–H and O–H groups in total. The van der Waals surface area contributed by atoms with Gasteiger partial charge in [0.1, 0.15) is 17.6 Å². The van der Waals surface area contributed by atoms with Crippen LogP contribution in [0.4, 0.5) is 16.0 Å². The Labute approximate surface area is 143 Å². The van der Waals surface area contributed by atoms with Crippen molar-refractivity contribution in [2.24, 2.45) is 13.0 Å². The van der Waals surface area contributed by atoms with Gasteiger partial charge in [-0.15, -0.1) is 10.2 Å². The van der Waals surface area contributed by atoms with Gasteiger partial charge in [0, 0.05) is 25.2 Å². The number of hydrogen-bond acceptors (Lipinski definition) is 4. The molecule has 2 amide bonds. The lowest BCUT2D eigenvalue weighted by Gasteiger charge is -2.16. The van der Waals surface area contributed by atoms with E-state index in [1.807, 2.05) is 7.05 Å². The first kappa shape index (κ1) is 15.7. The highest BCUT2D eigenvalue weighted by Gasteiger charge is 2.38. The van der Waals surface area contributed by atoms with Crippen molar-refractivity contribution in [3.05, 3.63) is 35.9 Å². The number of anilines is 2. The first-order valence-corrected chi connectivity index (χ1v) is 8.31.